The highest BCUT2D eigenvalue weighted by Gasteiger charge is 2.51. The molecule has 1 heterocycles. The van der Waals surface area contributed by atoms with Crippen molar-refractivity contribution in [1.82, 2.24) is 4.90 Å². The van der Waals surface area contributed by atoms with E-state index in [1.54, 1.807) is 27.7 Å². The van der Waals surface area contributed by atoms with Crippen molar-refractivity contribution < 1.29 is 24.2 Å². The van der Waals surface area contributed by atoms with E-state index in [0.29, 0.717) is 0 Å². The maximum absolute atomic E-state index is 11.5. The monoisotopic (exact) mass is 231 g/mol. The highest BCUT2D eigenvalue weighted by Crippen LogP contribution is 2.32. The minimum atomic E-state index is -1.11. The van der Waals surface area contributed by atoms with E-state index in [1.165, 1.54) is 0 Å². The molecule has 92 valence electrons. The molecule has 1 saturated heterocycles. The van der Waals surface area contributed by atoms with Crippen LogP contribution in [0.3, 0.4) is 0 Å². The van der Waals surface area contributed by atoms with Gasteiger partial charge in [-0.15, -0.1) is 0 Å². The van der Waals surface area contributed by atoms with E-state index >= 15 is 0 Å². The topological polar surface area (TPSA) is 76.1 Å². The van der Waals surface area contributed by atoms with Crippen LogP contribution in [-0.4, -0.2) is 46.5 Å². The third-order valence-corrected chi connectivity index (χ3v) is 2.57. The molecular formula is C10H17NO5. The number of hydrogen-bond donors (Lipinski definition) is 1. The van der Waals surface area contributed by atoms with Gasteiger partial charge in [0.25, 0.3) is 0 Å². The molecule has 2 unspecified atom stereocenters. The van der Waals surface area contributed by atoms with Gasteiger partial charge in [-0.25, -0.2) is 9.59 Å². The van der Waals surface area contributed by atoms with Crippen LogP contribution in [0, 0.1) is 0 Å². The Kier molecular flexibility index (Phi) is 3.42. The van der Waals surface area contributed by atoms with Crippen LogP contribution in [0.4, 0.5) is 4.79 Å². The molecule has 6 nitrogen and oxygen atoms in total. The third-order valence-electron chi connectivity index (χ3n) is 2.57. The van der Waals surface area contributed by atoms with Crippen molar-refractivity contribution in [2.24, 2.45) is 0 Å². The van der Waals surface area contributed by atoms with Crippen molar-refractivity contribution in [3.05, 3.63) is 0 Å². The van der Waals surface area contributed by atoms with Gasteiger partial charge < -0.3 is 14.6 Å². The molecule has 16 heavy (non-hydrogen) atoms. The van der Waals surface area contributed by atoms with Gasteiger partial charge >= 0.3 is 12.1 Å². The van der Waals surface area contributed by atoms with E-state index in [-0.39, 0.29) is 6.61 Å². The Labute approximate surface area is 94.1 Å². The highest BCUT2D eigenvalue weighted by molar-refractivity contribution is 5.78. The first-order chi connectivity index (χ1) is 7.31. The van der Waals surface area contributed by atoms with Crippen molar-refractivity contribution in [3.8, 4) is 0 Å². The summed E-state index contributed by atoms with van der Waals surface area (Å²) in [6.45, 7) is 6.79. The Morgan fingerprint density at radius 3 is 2.44 bits per heavy atom. The fourth-order valence-corrected chi connectivity index (χ4v) is 1.97. The third kappa shape index (κ3) is 2.11. The lowest BCUT2D eigenvalue weighted by molar-refractivity contribution is -0.160. The Hall–Kier alpha value is -1.30. The second-order valence-electron chi connectivity index (χ2n) is 4.13. The van der Waals surface area contributed by atoms with E-state index in [1.807, 2.05) is 0 Å². The number of nitrogens with zero attached hydrogens (tertiary/aromatic N) is 1. The van der Waals surface area contributed by atoms with E-state index in [2.05, 4.69) is 0 Å². The van der Waals surface area contributed by atoms with Crippen LogP contribution in [0.15, 0.2) is 0 Å². The molecule has 0 aliphatic carbocycles. The molecule has 0 aromatic rings. The van der Waals surface area contributed by atoms with Crippen LogP contribution >= 0.6 is 0 Å². The molecular weight excluding hydrogens is 214 g/mol. The molecule has 2 atom stereocenters. The van der Waals surface area contributed by atoms with Gasteiger partial charge in [-0.3, -0.25) is 4.90 Å². The van der Waals surface area contributed by atoms with Gasteiger partial charge in [0.05, 0.1) is 12.6 Å². The standard InChI is InChI=1S/C10H17NO5/c1-5-15-8(12)7-6(2)11(9(13)14)10(3,4)16-7/h6-7H,5H2,1-4H3,(H,13,14). The van der Waals surface area contributed by atoms with Crippen molar-refractivity contribution in [2.75, 3.05) is 6.61 Å². The van der Waals surface area contributed by atoms with E-state index in [0.717, 1.165) is 4.90 Å². The van der Waals surface area contributed by atoms with Gasteiger partial charge in [-0.05, 0) is 27.7 Å². The average Bonchev–Trinajstić information content (AvgIpc) is 2.36. The molecule has 1 aliphatic heterocycles. The van der Waals surface area contributed by atoms with Crippen molar-refractivity contribution in [3.63, 3.8) is 0 Å². The molecule has 0 aromatic carbocycles. The number of esters is 1. The average molecular weight is 231 g/mol. The summed E-state index contributed by atoms with van der Waals surface area (Å²) in [5.74, 6) is -0.521. The fraction of sp³-hybridized carbons (Fsp3) is 0.800. The molecule has 1 aliphatic rings. The van der Waals surface area contributed by atoms with Crippen LogP contribution < -0.4 is 0 Å². The molecule has 0 spiro atoms. The number of carbonyl (C=O) groups is 2. The van der Waals surface area contributed by atoms with E-state index in [9.17, 15) is 9.59 Å². The number of carbonyl (C=O) groups excluding carboxylic acids is 1. The minimum absolute atomic E-state index is 0.249. The van der Waals surface area contributed by atoms with Crippen molar-refractivity contribution in [1.29, 1.82) is 0 Å². The first-order valence-corrected chi connectivity index (χ1v) is 5.18. The van der Waals surface area contributed by atoms with Gasteiger partial charge in [0.1, 0.15) is 5.72 Å². The summed E-state index contributed by atoms with van der Waals surface area (Å²) < 4.78 is 10.3. The SMILES string of the molecule is CCOC(=O)C1OC(C)(C)N(C(=O)O)C1C. The summed E-state index contributed by atoms with van der Waals surface area (Å²) >= 11 is 0. The summed E-state index contributed by atoms with van der Waals surface area (Å²) in [4.78, 5) is 23.7. The summed E-state index contributed by atoms with van der Waals surface area (Å²) in [5, 5.41) is 9.04. The van der Waals surface area contributed by atoms with E-state index in [4.69, 9.17) is 14.6 Å². The summed E-state index contributed by atoms with van der Waals surface area (Å²) in [6, 6.07) is -0.549. The van der Waals surface area contributed by atoms with Gasteiger partial charge in [0.15, 0.2) is 6.10 Å². The molecule has 1 rings (SSSR count). The number of ether oxygens (including phenoxy) is 2. The van der Waals surface area contributed by atoms with Gasteiger partial charge in [-0.2, -0.15) is 0 Å². The summed E-state index contributed by atoms with van der Waals surface area (Å²) in [5.41, 5.74) is -1.01. The normalized spacial score (nSPS) is 27.9. The smallest absolute Gasteiger partial charge is 0.409 e. The van der Waals surface area contributed by atoms with Crippen molar-refractivity contribution in [2.45, 2.75) is 45.6 Å². The Balaban J connectivity index is 2.87. The van der Waals surface area contributed by atoms with Crippen LogP contribution in [0.5, 0.6) is 0 Å². The quantitative estimate of drug-likeness (QED) is 0.719. The van der Waals surface area contributed by atoms with Gasteiger partial charge in [0, 0.05) is 0 Å². The zero-order valence-electron chi connectivity index (χ0n) is 9.89. The highest BCUT2D eigenvalue weighted by atomic mass is 16.6. The van der Waals surface area contributed by atoms with Gasteiger partial charge in [-0.1, -0.05) is 0 Å². The second-order valence-corrected chi connectivity index (χ2v) is 4.13. The molecule has 1 amide bonds. The summed E-state index contributed by atoms with van der Waals surface area (Å²) in [7, 11) is 0. The lowest BCUT2D eigenvalue weighted by Crippen LogP contribution is -2.47. The Bertz CT molecular complexity index is 302. The maximum Gasteiger partial charge on any atom is 0.409 e. The van der Waals surface area contributed by atoms with Crippen LogP contribution in [0.25, 0.3) is 0 Å². The molecule has 1 N–H and O–H groups in total. The molecule has 0 radical (unpaired) electrons. The van der Waals surface area contributed by atoms with Crippen LogP contribution in [0.1, 0.15) is 27.7 Å². The first kappa shape index (κ1) is 12.8. The van der Waals surface area contributed by atoms with Gasteiger partial charge in [0.2, 0.25) is 0 Å². The Morgan fingerprint density at radius 2 is 2.06 bits per heavy atom. The van der Waals surface area contributed by atoms with Crippen molar-refractivity contribution >= 4 is 12.1 Å². The number of hydrogen-bond acceptors (Lipinski definition) is 4. The van der Waals surface area contributed by atoms with Crippen LogP contribution in [-0.2, 0) is 14.3 Å². The van der Waals surface area contributed by atoms with Crippen LogP contribution in [0.2, 0.25) is 0 Å². The lowest BCUT2D eigenvalue weighted by Gasteiger charge is -2.29. The molecule has 0 bridgehead atoms. The molecule has 0 saturated carbocycles. The number of amides is 1. The largest absolute Gasteiger partial charge is 0.465 e. The molecule has 1 fully saturated rings. The fourth-order valence-electron chi connectivity index (χ4n) is 1.97. The lowest BCUT2D eigenvalue weighted by atomic mass is 10.1. The number of carboxylic acid groups (broad SMARTS) is 1. The first-order valence-electron chi connectivity index (χ1n) is 5.18. The maximum atomic E-state index is 11.5. The summed E-state index contributed by atoms with van der Waals surface area (Å²) in [6.07, 6.45) is -1.96. The molecule has 6 heteroatoms. The number of rotatable bonds is 2. The zero-order chi connectivity index (χ0) is 12.5. The predicted molar refractivity (Wildman–Crippen MR) is 54.9 cm³/mol. The molecule has 0 aromatic heterocycles. The Morgan fingerprint density at radius 1 is 1.50 bits per heavy atom. The zero-order valence-corrected chi connectivity index (χ0v) is 9.89. The van der Waals surface area contributed by atoms with E-state index < -0.39 is 29.9 Å². The predicted octanol–water partition coefficient (Wildman–Crippen LogP) is 1.05. The second kappa shape index (κ2) is 4.29. The minimum Gasteiger partial charge on any atom is -0.465 e.